The Kier molecular flexibility index (Phi) is 8.37. The molecule has 0 unspecified atom stereocenters. The molecule has 0 aromatic carbocycles. The first kappa shape index (κ1) is 26.9. The van der Waals surface area contributed by atoms with Crippen molar-refractivity contribution in [1.82, 2.24) is 10.6 Å². The minimum atomic E-state index is -1.49. The molecule has 3 N–H and O–H groups in total. The number of rotatable bonds is 9. The van der Waals surface area contributed by atoms with E-state index in [2.05, 4.69) is 10.6 Å². The van der Waals surface area contributed by atoms with E-state index in [1.807, 2.05) is 13.8 Å². The van der Waals surface area contributed by atoms with Crippen molar-refractivity contribution in [3.8, 4) is 0 Å². The molecule has 0 radical (unpaired) electrons. The normalized spacial score (nSPS) is 29.0. The number of ether oxygens (including phenoxy) is 3. The first-order valence-electron chi connectivity index (χ1n) is 11.5. The van der Waals surface area contributed by atoms with Gasteiger partial charge in [-0.3, -0.25) is 9.59 Å². The maximum absolute atomic E-state index is 13.3. The second-order valence-electron chi connectivity index (χ2n) is 10.3. The largest absolute Gasteiger partial charge is 0.469 e. The van der Waals surface area contributed by atoms with Crippen molar-refractivity contribution in [3.63, 3.8) is 0 Å². The first-order valence-corrected chi connectivity index (χ1v) is 11.5. The van der Waals surface area contributed by atoms with Gasteiger partial charge in [-0.05, 0) is 51.9 Å². The molecule has 2 aliphatic carbocycles. The van der Waals surface area contributed by atoms with Gasteiger partial charge in [-0.2, -0.15) is 0 Å². The number of carbonyl (C=O) groups is 4. The average molecular weight is 471 g/mol. The highest BCUT2D eigenvalue weighted by Crippen LogP contribution is 2.64. The van der Waals surface area contributed by atoms with Crippen LogP contribution in [0.15, 0.2) is 0 Å². The van der Waals surface area contributed by atoms with Gasteiger partial charge in [0, 0.05) is 18.8 Å². The third-order valence-corrected chi connectivity index (χ3v) is 6.10. The van der Waals surface area contributed by atoms with Crippen LogP contribution in [0.2, 0.25) is 0 Å². The third kappa shape index (κ3) is 6.37. The highest BCUT2D eigenvalue weighted by atomic mass is 16.6. The Labute approximate surface area is 195 Å². The molecule has 2 aliphatic rings. The molecule has 0 saturated heterocycles. The second-order valence-corrected chi connectivity index (χ2v) is 10.3. The average Bonchev–Trinajstić information content (AvgIpc) is 3.30. The van der Waals surface area contributed by atoms with E-state index in [-0.39, 0.29) is 37.2 Å². The number of carbonyl (C=O) groups excluding carboxylic acids is 4. The molecule has 0 spiro atoms. The van der Waals surface area contributed by atoms with Crippen molar-refractivity contribution in [2.75, 3.05) is 13.7 Å². The van der Waals surface area contributed by atoms with Gasteiger partial charge in [0.1, 0.15) is 17.2 Å². The zero-order chi connectivity index (χ0) is 25.1. The standard InChI is InChI=1S/C23H38N2O8/c1-8-32-20(29)23(11-15(26)17-13(18(17)23)10-16(27)31-7)25-19(28)14(9-12(2)3)24-21(30)33-22(4,5)6/h12-15,17-18,26H,8-11H2,1-7H3,(H,24,30)(H,25,28)/t13-,14-,15-,17+,18+,23-/m0/s1. The Morgan fingerprint density at radius 1 is 1.18 bits per heavy atom. The summed E-state index contributed by atoms with van der Waals surface area (Å²) in [5.41, 5.74) is -2.23. The summed E-state index contributed by atoms with van der Waals surface area (Å²) >= 11 is 0. The minimum Gasteiger partial charge on any atom is -0.469 e. The summed E-state index contributed by atoms with van der Waals surface area (Å²) in [4.78, 5) is 50.6. The van der Waals surface area contributed by atoms with Gasteiger partial charge in [0.05, 0.1) is 19.8 Å². The molecule has 0 aliphatic heterocycles. The minimum absolute atomic E-state index is 0.0224. The zero-order valence-electron chi connectivity index (χ0n) is 20.6. The summed E-state index contributed by atoms with van der Waals surface area (Å²) in [5, 5.41) is 16.0. The fraction of sp³-hybridized carbons (Fsp3) is 0.826. The van der Waals surface area contributed by atoms with Gasteiger partial charge in [-0.25, -0.2) is 9.59 Å². The van der Waals surface area contributed by atoms with Crippen LogP contribution in [0.25, 0.3) is 0 Å². The van der Waals surface area contributed by atoms with E-state index in [4.69, 9.17) is 14.2 Å². The second kappa shape index (κ2) is 10.3. The first-order chi connectivity index (χ1) is 15.3. The number of amides is 2. The number of esters is 2. The Morgan fingerprint density at radius 2 is 1.82 bits per heavy atom. The van der Waals surface area contributed by atoms with Gasteiger partial charge in [0.15, 0.2) is 0 Å². The number of fused-ring (bicyclic) bond motifs is 1. The van der Waals surface area contributed by atoms with E-state index in [0.29, 0.717) is 6.42 Å². The SMILES string of the molecule is CCOC(=O)[C@]1(NC(=O)[C@H](CC(C)C)NC(=O)OC(C)(C)C)C[C@H](O)[C@H]2[C@H](CC(=O)OC)[C@H]21. The lowest BCUT2D eigenvalue weighted by Gasteiger charge is -2.33. The van der Waals surface area contributed by atoms with E-state index in [1.54, 1.807) is 27.7 Å². The lowest BCUT2D eigenvalue weighted by atomic mass is 9.87. The highest BCUT2D eigenvalue weighted by molar-refractivity contribution is 5.93. The molecule has 2 saturated carbocycles. The number of alkyl carbamates (subject to hydrolysis) is 1. The summed E-state index contributed by atoms with van der Waals surface area (Å²) < 4.78 is 15.3. The summed E-state index contributed by atoms with van der Waals surface area (Å²) in [6, 6.07) is -0.958. The summed E-state index contributed by atoms with van der Waals surface area (Å²) in [6.07, 6.45) is -1.30. The maximum atomic E-state index is 13.3. The van der Waals surface area contributed by atoms with E-state index in [0.717, 1.165) is 0 Å². The molecule has 10 nitrogen and oxygen atoms in total. The van der Waals surface area contributed by atoms with Crippen LogP contribution in [0.3, 0.4) is 0 Å². The van der Waals surface area contributed by atoms with Crippen LogP contribution >= 0.6 is 0 Å². The van der Waals surface area contributed by atoms with Crippen molar-refractivity contribution in [2.24, 2.45) is 23.7 Å². The number of methoxy groups -OCH3 is 1. The number of hydrogen-bond donors (Lipinski definition) is 3. The zero-order valence-corrected chi connectivity index (χ0v) is 20.6. The number of aliphatic hydroxyl groups excluding tert-OH is 1. The molecule has 188 valence electrons. The molecular formula is C23H38N2O8. The van der Waals surface area contributed by atoms with Crippen molar-refractivity contribution in [2.45, 2.75) is 84.1 Å². The van der Waals surface area contributed by atoms with Crippen LogP contribution in [0.4, 0.5) is 4.79 Å². The van der Waals surface area contributed by atoms with Crippen molar-refractivity contribution in [1.29, 1.82) is 0 Å². The Bertz CT molecular complexity index is 762. The fourth-order valence-corrected chi connectivity index (χ4v) is 4.88. The Balaban J connectivity index is 2.27. The summed E-state index contributed by atoms with van der Waals surface area (Å²) in [6.45, 7) is 10.7. The lowest BCUT2D eigenvalue weighted by Crippen LogP contribution is -2.61. The van der Waals surface area contributed by atoms with E-state index < -0.39 is 53.1 Å². The van der Waals surface area contributed by atoms with E-state index in [9.17, 15) is 24.3 Å². The van der Waals surface area contributed by atoms with Crippen molar-refractivity contribution in [3.05, 3.63) is 0 Å². The van der Waals surface area contributed by atoms with Crippen LogP contribution in [0, 0.1) is 23.7 Å². The lowest BCUT2D eigenvalue weighted by molar-refractivity contribution is -0.156. The Morgan fingerprint density at radius 3 is 2.33 bits per heavy atom. The van der Waals surface area contributed by atoms with Crippen molar-refractivity contribution < 1.29 is 38.5 Å². The van der Waals surface area contributed by atoms with Gasteiger partial charge in [0.2, 0.25) is 5.91 Å². The predicted octanol–water partition coefficient (Wildman–Crippen LogP) is 1.53. The molecule has 2 amide bonds. The molecule has 2 fully saturated rings. The highest BCUT2D eigenvalue weighted by Gasteiger charge is 2.73. The molecule has 0 bridgehead atoms. The molecule has 0 heterocycles. The third-order valence-electron chi connectivity index (χ3n) is 6.10. The van der Waals surface area contributed by atoms with Crippen LogP contribution in [-0.2, 0) is 28.6 Å². The van der Waals surface area contributed by atoms with Gasteiger partial charge in [-0.15, -0.1) is 0 Å². The molecule has 0 aromatic rings. The van der Waals surface area contributed by atoms with E-state index in [1.165, 1.54) is 7.11 Å². The van der Waals surface area contributed by atoms with Crippen molar-refractivity contribution >= 4 is 23.9 Å². The summed E-state index contributed by atoms with van der Waals surface area (Å²) in [5.74, 6) is -2.71. The summed E-state index contributed by atoms with van der Waals surface area (Å²) in [7, 11) is 1.27. The van der Waals surface area contributed by atoms with Crippen LogP contribution < -0.4 is 10.6 Å². The number of aliphatic hydroxyl groups is 1. The monoisotopic (exact) mass is 470 g/mol. The predicted molar refractivity (Wildman–Crippen MR) is 118 cm³/mol. The molecular weight excluding hydrogens is 432 g/mol. The smallest absolute Gasteiger partial charge is 0.408 e. The van der Waals surface area contributed by atoms with Crippen LogP contribution in [0.5, 0.6) is 0 Å². The maximum Gasteiger partial charge on any atom is 0.408 e. The molecule has 10 heteroatoms. The van der Waals surface area contributed by atoms with Gasteiger partial charge in [0.25, 0.3) is 0 Å². The number of nitrogens with one attached hydrogen (secondary N) is 2. The fourth-order valence-electron chi connectivity index (χ4n) is 4.88. The quantitative estimate of drug-likeness (QED) is 0.340. The molecule has 0 aromatic heterocycles. The van der Waals surface area contributed by atoms with Gasteiger partial charge >= 0.3 is 18.0 Å². The topological polar surface area (TPSA) is 140 Å². The van der Waals surface area contributed by atoms with Gasteiger partial charge in [-0.1, -0.05) is 13.8 Å². The Hall–Kier alpha value is -2.36. The number of hydrogen-bond acceptors (Lipinski definition) is 8. The van der Waals surface area contributed by atoms with E-state index >= 15 is 0 Å². The van der Waals surface area contributed by atoms with Crippen LogP contribution in [-0.4, -0.2) is 66.0 Å². The van der Waals surface area contributed by atoms with Gasteiger partial charge < -0.3 is 30.0 Å². The molecule has 6 atom stereocenters. The van der Waals surface area contributed by atoms with Crippen LogP contribution in [0.1, 0.15) is 60.8 Å². The molecule has 2 rings (SSSR count). The molecule has 33 heavy (non-hydrogen) atoms.